The van der Waals surface area contributed by atoms with Gasteiger partial charge in [-0.15, -0.1) is 24.8 Å². The van der Waals surface area contributed by atoms with Crippen molar-refractivity contribution in [2.24, 2.45) is 43.3 Å². The Morgan fingerprint density at radius 1 is 0.767 bits per heavy atom. The lowest BCUT2D eigenvalue weighted by Crippen LogP contribution is -2.36. The van der Waals surface area contributed by atoms with E-state index in [0.717, 1.165) is 0 Å². The Labute approximate surface area is 259 Å². The summed E-state index contributed by atoms with van der Waals surface area (Å²) in [7, 11) is 4.96. The number of amides is 4. The standard InChI is InChI=1S/C25H34N12O4.2ClH/c1-13(5-20(26)27)31-22(39)17-7-15(11-36(17)3)33-24(41)19-8-16(12-37(19)4)34-23(40)18-6-14(10-35(18)2)32-21(38)9-30-25(28)29;;/h6-8,10-13H,5,9H2,1-4H3,(H3,26,27)(H,31,39)(H,32,38)(H,33,41)(H,34,40)(H4,28,29,30);2*1H. The van der Waals surface area contributed by atoms with Gasteiger partial charge in [0.1, 0.15) is 23.6 Å². The quantitative estimate of drug-likeness (QED) is 0.110. The Balaban J connectivity index is 0.00000462. The number of carbonyl (C=O) groups excluding carboxylic acids is 4. The van der Waals surface area contributed by atoms with Crippen molar-refractivity contribution in [3.8, 4) is 0 Å². The Kier molecular flexibility index (Phi) is 12.8. The fourth-order valence-electron chi connectivity index (χ4n) is 4.01. The lowest BCUT2D eigenvalue weighted by molar-refractivity contribution is -0.114. The van der Waals surface area contributed by atoms with Gasteiger partial charge in [-0.05, 0) is 25.1 Å². The van der Waals surface area contributed by atoms with Crippen LogP contribution in [0.5, 0.6) is 0 Å². The number of amidine groups is 1. The molecule has 0 spiro atoms. The van der Waals surface area contributed by atoms with E-state index >= 15 is 0 Å². The van der Waals surface area contributed by atoms with E-state index in [1.807, 2.05) is 0 Å². The smallest absolute Gasteiger partial charge is 0.272 e. The van der Waals surface area contributed by atoms with E-state index in [-0.39, 0.29) is 72.9 Å². The maximum Gasteiger partial charge on any atom is 0.272 e. The van der Waals surface area contributed by atoms with E-state index < -0.39 is 17.7 Å². The van der Waals surface area contributed by atoms with Crippen LogP contribution in [0.2, 0.25) is 0 Å². The summed E-state index contributed by atoms with van der Waals surface area (Å²) in [6.45, 7) is 1.48. The van der Waals surface area contributed by atoms with Crippen molar-refractivity contribution in [3.63, 3.8) is 0 Å². The number of carbonyl (C=O) groups is 4. The average Bonchev–Trinajstić information content (AvgIpc) is 3.52. The first-order valence-corrected chi connectivity index (χ1v) is 12.3. The molecule has 0 aliphatic heterocycles. The lowest BCUT2D eigenvalue weighted by atomic mass is 10.2. The zero-order valence-corrected chi connectivity index (χ0v) is 25.6. The third-order valence-corrected chi connectivity index (χ3v) is 5.82. The summed E-state index contributed by atoms with van der Waals surface area (Å²) in [5.41, 5.74) is 17.8. The molecule has 3 rings (SSSR count). The minimum Gasteiger partial charge on any atom is -0.388 e. The molecule has 4 amide bonds. The van der Waals surface area contributed by atoms with Crippen molar-refractivity contribution in [3.05, 3.63) is 53.9 Å². The van der Waals surface area contributed by atoms with Gasteiger partial charge in [-0.3, -0.25) is 24.6 Å². The van der Waals surface area contributed by atoms with Crippen molar-refractivity contribution in [2.75, 3.05) is 22.5 Å². The van der Waals surface area contributed by atoms with Crippen LogP contribution in [0.3, 0.4) is 0 Å². The molecule has 16 nitrogen and oxygen atoms in total. The second-order valence-electron chi connectivity index (χ2n) is 9.48. The van der Waals surface area contributed by atoms with Gasteiger partial charge in [0, 0.05) is 52.2 Å². The van der Waals surface area contributed by atoms with Gasteiger partial charge >= 0.3 is 0 Å². The molecule has 0 aromatic carbocycles. The Hall–Kier alpha value is -4.96. The maximum atomic E-state index is 13.0. The third-order valence-electron chi connectivity index (χ3n) is 5.82. The number of halogens is 2. The predicted molar refractivity (Wildman–Crippen MR) is 169 cm³/mol. The van der Waals surface area contributed by atoms with Gasteiger partial charge in [0.15, 0.2) is 5.96 Å². The fraction of sp³-hybridized carbons (Fsp3) is 0.280. The normalized spacial score (nSPS) is 10.8. The number of aromatic nitrogens is 3. The third kappa shape index (κ3) is 9.82. The molecule has 0 saturated heterocycles. The van der Waals surface area contributed by atoms with Crippen LogP contribution in [0.25, 0.3) is 0 Å². The van der Waals surface area contributed by atoms with Crippen LogP contribution >= 0.6 is 24.8 Å². The molecule has 234 valence electrons. The van der Waals surface area contributed by atoms with E-state index in [4.69, 9.17) is 22.6 Å². The number of nitrogens with one attached hydrogen (secondary N) is 5. The Morgan fingerprint density at radius 3 is 1.56 bits per heavy atom. The van der Waals surface area contributed by atoms with Gasteiger partial charge in [0.2, 0.25) is 5.91 Å². The molecule has 0 bridgehead atoms. The van der Waals surface area contributed by atoms with Gasteiger partial charge in [-0.2, -0.15) is 0 Å². The summed E-state index contributed by atoms with van der Waals surface area (Å²) >= 11 is 0. The van der Waals surface area contributed by atoms with Crippen molar-refractivity contribution < 1.29 is 19.2 Å². The van der Waals surface area contributed by atoms with Crippen LogP contribution in [-0.4, -0.2) is 61.7 Å². The molecule has 0 saturated carbocycles. The highest BCUT2D eigenvalue weighted by Gasteiger charge is 2.19. The highest BCUT2D eigenvalue weighted by Crippen LogP contribution is 2.19. The molecule has 11 N–H and O–H groups in total. The van der Waals surface area contributed by atoms with E-state index in [0.29, 0.717) is 22.8 Å². The molecule has 18 heteroatoms. The van der Waals surface area contributed by atoms with Crippen LogP contribution in [0.15, 0.2) is 41.8 Å². The number of aryl methyl sites for hydroxylation is 3. The molecule has 43 heavy (non-hydrogen) atoms. The summed E-state index contributed by atoms with van der Waals surface area (Å²) < 4.78 is 4.65. The number of hydrogen-bond acceptors (Lipinski definition) is 6. The number of nitrogens with zero attached hydrogens (tertiary/aromatic N) is 4. The largest absolute Gasteiger partial charge is 0.388 e. The van der Waals surface area contributed by atoms with Gasteiger partial charge in [0.05, 0.1) is 22.9 Å². The van der Waals surface area contributed by atoms with Crippen LogP contribution in [0.1, 0.15) is 44.8 Å². The molecule has 3 aromatic heterocycles. The second kappa shape index (κ2) is 15.3. The first kappa shape index (κ1) is 36.1. The average molecular weight is 640 g/mol. The number of rotatable bonds is 11. The number of nitrogens with two attached hydrogens (primary N) is 3. The summed E-state index contributed by atoms with van der Waals surface area (Å²) in [6.07, 6.45) is 4.95. The van der Waals surface area contributed by atoms with Crippen LogP contribution in [-0.2, 0) is 25.9 Å². The first-order chi connectivity index (χ1) is 19.2. The van der Waals surface area contributed by atoms with E-state index in [9.17, 15) is 19.2 Å². The maximum absolute atomic E-state index is 13.0. The number of hydrogen-bond donors (Lipinski definition) is 8. The van der Waals surface area contributed by atoms with Crippen molar-refractivity contribution >= 4 is 77.3 Å². The molecule has 0 radical (unpaired) electrons. The fourth-order valence-corrected chi connectivity index (χ4v) is 4.01. The number of guanidine groups is 1. The molecule has 1 atom stereocenters. The van der Waals surface area contributed by atoms with Crippen molar-refractivity contribution in [1.82, 2.24) is 19.0 Å². The predicted octanol–water partition coefficient (Wildman–Crippen LogP) is 0.707. The minimum atomic E-state index is -0.465. The summed E-state index contributed by atoms with van der Waals surface area (Å²) in [5, 5.41) is 18.2. The molecule has 0 fully saturated rings. The van der Waals surface area contributed by atoms with E-state index in [1.54, 1.807) is 55.8 Å². The van der Waals surface area contributed by atoms with E-state index in [2.05, 4.69) is 26.3 Å². The molecular weight excluding hydrogens is 603 g/mol. The molecule has 1 unspecified atom stereocenters. The van der Waals surface area contributed by atoms with Gasteiger partial charge < -0.3 is 52.2 Å². The number of aliphatic imine (C=N–C) groups is 1. The monoisotopic (exact) mass is 638 g/mol. The summed E-state index contributed by atoms with van der Waals surface area (Å²) in [4.78, 5) is 54.1. The lowest BCUT2D eigenvalue weighted by Gasteiger charge is -2.13. The zero-order chi connectivity index (χ0) is 30.4. The number of anilines is 3. The van der Waals surface area contributed by atoms with Gasteiger partial charge in [0.25, 0.3) is 17.7 Å². The van der Waals surface area contributed by atoms with Gasteiger partial charge in [-0.25, -0.2) is 4.99 Å². The topological polar surface area (TPSA) is 245 Å². The Morgan fingerprint density at radius 2 is 1.16 bits per heavy atom. The van der Waals surface area contributed by atoms with Crippen LogP contribution in [0, 0.1) is 5.41 Å². The molecule has 3 aromatic rings. The van der Waals surface area contributed by atoms with Crippen LogP contribution in [0.4, 0.5) is 17.1 Å². The molecular formula is C25H36Cl2N12O4. The van der Waals surface area contributed by atoms with Crippen LogP contribution < -0.4 is 38.5 Å². The molecule has 3 heterocycles. The Bertz CT molecular complexity index is 1530. The summed E-state index contributed by atoms with van der Waals surface area (Å²) in [5.74, 6) is -2.00. The minimum absolute atomic E-state index is 0. The second-order valence-corrected chi connectivity index (χ2v) is 9.48. The first-order valence-electron chi connectivity index (χ1n) is 12.3. The zero-order valence-electron chi connectivity index (χ0n) is 23.9. The molecule has 0 aliphatic rings. The highest BCUT2D eigenvalue weighted by molar-refractivity contribution is 6.08. The highest BCUT2D eigenvalue weighted by atomic mass is 35.5. The van der Waals surface area contributed by atoms with E-state index in [1.165, 1.54) is 22.8 Å². The molecule has 0 aliphatic carbocycles. The van der Waals surface area contributed by atoms with Gasteiger partial charge in [-0.1, -0.05) is 0 Å². The summed E-state index contributed by atoms with van der Waals surface area (Å²) in [6, 6.07) is 4.20. The SMILES string of the molecule is CC(CC(=N)N)NC(=O)c1cc(NC(=O)c2cc(NC(=O)c3cc(NC(=O)CN=C(N)N)cn3C)cn2C)cn1C.Cl.Cl. The van der Waals surface area contributed by atoms with Crippen molar-refractivity contribution in [2.45, 2.75) is 19.4 Å². The van der Waals surface area contributed by atoms with Crippen molar-refractivity contribution in [1.29, 1.82) is 5.41 Å².